The molecule has 0 radical (unpaired) electrons. The Hall–Kier alpha value is -5.10. The van der Waals surface area contributed by atoms with Crippen molar-refractivity contribution in [3.05, 3.63) is 65.7 Å². The van der Waals surface area contributed by atoms with Crippen LogP contribution >= 0.6 is 0 Å². The number of nitrogens with one attached hydrogen (secondary N) is 5. The van der Waals surface area contributed by atoms with Crippen LogP contribution in [0.3, 0.4) is 0 Å². The molecule has 0 aromatic heterocycles. The minimum absolute atomic E-state index is 0.0190. The zero-order valence-corrected chi connectivity index (χ0v) is 28.7. The van der Waals surface area contributed by atoms with Crippen molar-refractivity contribution in [3.8, 4) is 5.75 Å². The van der Waals surface area contributed by atoms with E-state index in [-0.39, 0.29) is 18.6 Å². The van der Waals surface area contributed by atoms with Crippen molar-refractivity contribution >= 4 is 35.4 Å². The Bertz CT molecular complexity index is 1460. The first-order valence-electron chi connectivity index (χ1n) is 16.5. The molecule has 0 unspecified atom stereocenters. The van der Waals surface area contributed by atoms with Crippen LogP contribution in [0.2, 0.25) is 0 Å². The Morgan fingerprint density at radius 3 is 1.69 bits per heavy atom. The number of amides is 6. The van der Waals surface area contributed by atoms with Crippen molar-refractivity contribution in [1.29, 1.82) is 0 Å². The number of aliphatic hydroxyl groups excluding tert-OH is 2. The normalized spacial score (nSPS) is 15.1. The summed E-state index contributed by atoms with van der Waals surface area (Å²) >= 11 is 0. The van der Waals surface area contributed by atoms with Gasteiger partial charge in [0, 0.05) is 12.8 Å². The van der Waals surface area contributed by atoms with Gasteiger partial charge in [-0.2, -0.15) is 0 Å². The lowest BCUT2D eigenvalue weighted by Crippen LogP contribution is -2.63. The van der Waals surface area contributed by atoms with Gasteiger partial charge in [-0.1, -0.05) is 48.9 Å². The Morgan fingerprint density at radius 2 is 1.16 bits per heavy atom. The fourth-order valence-corrected chi connectivity index (χ4v) is 4.92. The predicted octanol–water partition coefficient (Wildman–Crippen LogP) is -3.06. The number of phenolic OH excluding ortho intramolecular Hbond substituents is 1. The number of unbranched alkanes of at least 4 members (excludes halogenated alkanes) is 1. The van der Waals surface area contributed by atoms with E-state index >= 15 is 0 Å². The maximum absolute atomic E-state index is 13.6. The lowest BCUT2D eigenvalue weighted by Gasteiger charge is -2.29. The lowest BCUT2D eigenvalue weighted by atomic mass is 10.0. The number of benzene rings is 2. The van der Waals surface area contributed by atoms with Gasteiger partial charge < -0.3 is 59.1 Å². The summed E-state index contributed by atoms with van der Waals surface area (Å²) in [5.41, 5.74) is 17.9. The van der Waals surface area contributed by atoms with Gasteiger partial charge >= 0.3 is 0 Å². The zero-order valence-electron chi connectivity index (χ0n) is 28.7. The second kappa shape index (κ2) is 21.2. The number of carbonyl (C=O) groups excluding carboxylic acids is 6. The number of rotatable bonds is 21. The van der Waals surface area contributed by atoms with Gasteiger partial charge in [-0.3, -0.25) is 28.8 Å². The molecule has 51 heavy (non-hydrogen) atoms. The van der Waals surface area contributed by atoms with E-state index in [2.05, 4.69) is 26.6 Å². The smallest absolute Gasteiger partial charge is 0.245 e. The van der Waals surface area contributed by atoms with Crippen LogP contribution in [-0.4, -0.2) is 106 Å². The standard InChI is InChI=1S/C34H50N8O9/c1-19(43)28(33(50)40-25(31(48)38-18-27(37)46)16-21-8-4-3-5-9-21)42-34(51)29(20(2)44)41-32(49)26(17-22-11-13-23(45)14-12-22)39-30(47)24(36)10-6-7-15-35/h3-5,8-9,11-14,19-20,24-26,28-29,43-45H,6-7,10,15-18,35-36H2,1-2H3,(H2,37,46)(H,38,48)(H,39,47)(H,40,50)(H,41,49)(H,42,51)/t19-,20-,24+,25+,26+,28+,29+/m1/s1. The van der Waals surface area contributed by atoms with Crippen LogP contribution in [0.5, 0.6) is 5.75 Å². The second-order valence-electron chi connectivity index (χ2n) is 12.2. The first-order chi connectivity index (χ1) is 24.1. The summed E-state index contributed by atoms with van der Waals surface area (Å²) in [6, 6.07) is 7.61. The number of primary amides is 1. The third kappa shape index (κ3) is 14.7. The van der Waals surface area contributed by atoms with Crippen LogP contribution in [0.4, 0.5) is 0 Å². The molecule has 0 bridgehead atoms. The zero-order chi connectivity index (χ0) is 38.1. The molecule has 0 fully saturated rings. The summed E-state index contributed by atoms with van der Waals surface area (Å²) in [4.78, 5) is 77.5. The molecule has 2 rings (SSSR count). The first kappa shape index (κ1) is 42.1. The monoisotopic (exact) mass is 714 g/mol. The predicted molar refractivity (Wildman–Crippen MR) is 186 cm³/mol. The number of carbonyl (C=O) groups is 6. The molecule has 0 heterocycles. The van der Waals surface area contributed by atoms with E-state index in [4.69, 9.17) is 17.2 Å². The number of hydrogen-bond donors (Lipinski definition) is 11. The summed E-state index contributed by atoms with van der Waals surface area (Å²) in [5, 5.41) is 42.8. The van der Waals surface area contributed by atoms with Gasteiger partial charge in [-0.25, -0.2) is 0 Å². The molecule has 0 saturated carbocycles. The summed E-state index contributed by atoms with van der Waals surface area (Å²) in [7, 11) is 0. The molecule has 17 heteroatoms. The Balaban J connectivity index is 2.25. The van der Waals surface area contributed by atoms with Crippen LogP contribution < -0.4 is 43.8 Å². The SMILES string of the molecule is C[C@@H](O)[C@H](NC(=O)[C@H](Cc1ccc(O)cc1)NC(=O)[C@@H](N)CCCCN)C(=O)N[C@H](C(=O)N[C@@H](Cc1ccccc1)C(=O)NCC(N)=O)[C@@H](C)O. The minimum Gasteiger partial charge on any atom is -0.508 e. The number of aliphatic hydroxyl groups is 2. The highest BCUT2D eigenvalue weighted by atomic mass is 16.3. The van der Waals surface area contributed by atoms with Gasteiger partial charge in [-0.05, 0) is 56.5 Å². The van der Waals surface area contributed by atoms with Gasteiger partial charge in [0.2, 0.25) is 35.4 Å². The fourth-order valence-electron chi connectivity index (χ4n) is 4.92. The fraction of sp³-hybridized carbons (Fsp3) is 0.471. The molecule has 14 N–H and O–H groups in total. The molecule has 0 aliphatic carbocycles. The Labute approximate surface area is 296 Å². The summed E-state index contributed by atoms with van der Waals surface area (Å²) < 4.78 is 0. The highest BCUT2D eigenvalue weighted by Crippen LogP contribution is 2.13. The minimum atomic E-state index is -1.68. The molecule has 17 nitrogen and oxygen atoms in total. The molecule has 0 saturated heterocycles. The van der Waals surface area contributed by atoms with Gasteiger partial charge in [0.1, 0.15) is 29.9 Å². The second-order valence-corrected chi connectivity index (χ2v) is 12.2. The van der Waals surface area contributed by atoms with E-state index in [1.54, 1.807) is 30.3 Å². The molecule has 7 atom stereocenters. The summed E-state index contributed by atoms with van der Waals surface area (Å²) in [6.45, 7) is 2.34. The van der Waals surface area contributed by atoms with Gasteiger partial charge in [0.05, 0.1) is 24.8 Å². The summed E-state index contributed by atoms with van der Waals surface area (Å²) in [6.07, 6.45) is -1.63. The molecular weight excluding hydrogens is 664 g/mol. The number of phenols is 1. The quantitative estimate of drug-likeness (QED) is 0.0577. The third-order valence-corrected chi connectivity index (χ3v) is 7.79. The molecular formula is C34H50N8O9. The molecule has 2 aromatic rings. The third-order valence-electron chi connectivity index (χ3n) is 7.79. The van der Waals surface area contributed by atoms with E-state index in [1.807, 2.05) is 0 Å². The molecule has 2 aromatic carbocycles. The number of hydrogen-bond acceptors (Lipinski definition) is 11. The summed E-state index contributed by atoms with van der Waals surface area (Å²) in [5.74, 6) is -5.15. The average Bonchev–Trinajstić information content (AvgIpc) is 3.08. The molecule has 6 amide bonds. The van der Waals surface area contributed by atoms with Crippen molar-refractivity contribution in [2.75, 3.05) is 13.1 Å². The molecule has 0 aliphatic rings. The maximum Gasteiger partial charge on any atom is 0.245 e. The topological polar surface area (TPSA) is 301 Å². The van der Waals surface area contributed by atoms with Crippen molar-refractivity contribution in [1.82, 2.24) is 26.6 Å². The average molecular weight is 715 g/mol. The van der Waals surface area contributed by atoms with Crippen molar-refractivity contribution in [3.63, 3.8) is 0 Å². The first-order valence-corrected chi connectivity index (χ1v) is 16.5. The molecule has 280 valence electrons. The van der Waals surface area contributed by atoms with E-state index < -0.39 is 84.4 Å². The molecule has 0 spiro atoms. The highest BCUT2D eigenvalue weighted by Gasteiger charge is 2.35. The lowest BCUT2D eigenvalue weighted by molar-refractivity contribution is -0.138. The van der Waals surface area contributed by atoms with E-state index in [9.17, 15) is 44.1 Å². The van der Waals surface area contributed by atoms with Crippen LogP contribution in [-0.2, 0) is 41.6 Å². The molecule has 0 aliphatic heterocycles. The van der Waals surface area contributed by atoms with Crippen LogP contribution in [0, 0.1) is 0 Å². The van der Waals surface area contributed by atoms with Crippen molar-refractivity contribution in [2.45, 2.75) is 88.4 Å². The highest BCUT2D eigenvalue weighted by molar-refractivity contribution is 5.96. The van der Waals surface area contributed by atoms with E-state index in [0.717, 1.165) is 0 Å². The van der Waals surface area contributed by atoms with Crippen LogP contribution in [0.1, 0.15) is 44.2 Å². The van der Waals surface area contributed by atoms with E-state index in [0.29, 0.717) is 36.9 Å². The van der Waals surface area contributed by atoms with Crippen LogP contribution in [0.25, 0.3) is 0 Å². The van der Waals surface area contributed by atoms with Gasteiger partial charge in [0.25, 0.3) is 0 Å². The van der Waals surface area contributed by atoms with Gasteiger partial charge in [0.15, 0.2) is 0 Å². The number of aromatic hydroxyl groups is 1. The largest absolute Gasteiger partial charge is 0.508 e. The number of nitrogens with two attached hydrogens (primary N) is 3. The van der Waals surface area contributed by atoms with Crippen molar-refractivity contribution in [2.24, 2.45) is 17.2 Å². The van der Waals surface area contributed by atoms with Gasteiger partial charge in [-0.15, -0.1) is 0 Å². The Kier molecular flexibility index (Phi) is 17.5. The van der Waals surface area contributed by atoms with E-state index in [1.165, 1.54) is 38.1 Å². The Morgan fingerprint density at radius 1 is 0.667 bits per heavy atom. The van der Waals surface area contributed by atoms with Crippen molar-refractivity contribution < 1.29 is 44.1 Å². The maximum atomic E-state index is 13.6. The van der Waals surface area contributed by atoms with Crippen LogP contribution in [0.15, 0.2) is 54.6 Å².